The fourth-order valence-corrected chi connectivity index (χ4v) is 4.55. The number of rotatable bonds is 6. The Kier molecular flexibility index (Phi) is 4.64. The molecular formula is C12H24N2O3S. The summed E-state index contributed by atoms with van der Waals surface area (Å²) in [5, 5.41) is 9.28. The van der Waals surface area contributed by atoms with Gasteiger partial charge in [0.2, 0.25) is 0 Å². The van der Waals surface area contributed by atoms with Crippen LogP contribution in [0.1, 0.15) is 45.4 Å². The highest BCUT2D eigenvalue weighted by Gasteiger charge is 2.42. The van der Waals surface area contributed by atoms with Crippen molar-refractivity contribution in [2.24, 2.45) is 5.92 Å². The van der Waals surface area contributed by atoms with Crippen LogP contribution in [0.25, 0.3) is 0 Å². The zero-order valence-electron chi connectivity index (χ0n) is 11.0. The number of nitrogens with zero attached hydrogens (tertiary/aromatic N) is 1. The van der Waals surface area contributed by atoms with E-state index < -0.39 is 10.2 Å². The van der Waals surface area contributed by atoms with Gasteiger partial charge in [0.1, 0.15) is 0 Å². The third kappa shape index (κ3) is 3.23. The lowest BCUT2D eigenvalue weighted by Gasteiger charge is -2.33. The SMILES string of the molecule is CCCC1CC1NS(=O)(=O)N1CCCCC1CO. The lowest BCUT2D eigenvalue weighted by Crippen LogP contribution is -2.51. The largest absolute Gasteiger partial charge is 0.395 e. The molecule has 0 aromatic carbocycles. The number of aliphatic hydroxyl groups excluding tert-OH is 1. The molecule has 1 aliphatic carbocycles. The van der Waals surface area contributed by atoms with E-state index in [0.717, 1.165) is 38.5 Å². The quantitative estimate of drug-likeness (QED) is 0.756. The van der Waals surface area contributed by atoms with Crippen LogP contribution in [0.5, 0.6) is 0 Å². The van der Waals surface area contributed by atoms with Crippen LogP contribution in [0.3, 0.4) is 0 Å². The minimum Gasteiger partial charge on any atom is -0.395 e. The first-order chi connectivity index (χ1) is 8.58. The van der Waals surface area contributed by atoms with Gasteiger partial charge in [0.25, 0.3) is 10.2 Å². The number of hydrogen-bond acceptors (Lipinski definition) is 3. The van der Waals surface area contributed by atoms with Crippen molar-refractivity contribution < 1.29 is 13.5 Å². The summed E-state index contributed by atoms with van der Waals surface area (Å²) >= 11 is 0. The van der Waals surface area contributed by atoms with E-state index in [2.05, 4.69) is 11.6 Å². The average Bonchev–Trinajstić information content (AvgIpc) is 3.07. The molecule has 2 fully saturated rings. The molecule has 3 unspecified atom stereocenters. The molecule has 6 heteroatoms. The summed E-state index contributed by atoms with van der Waals surface area (Å²) in [5.41, 5.74) is 0. The third-order valence-electron chi connectivity index (χ3n) is 3.97. The van der Waals surface area contributed by atoms with Crippen molar-refractivity contribution in [2.45, 2.75) is 57.5 Å². The summed E-state index contributed by atoms with van der Waals surface area (Å²) < 4.78 is 28.8. The molecule has 1 saturated carbocycles. The standard InChI is InChI=1S/C12H24N2O3S/c1-2-5-10-8-12(10)13-18(16,17)14-7-4-3-6-11(14)9-15/h10-13,15H,2-9H2,1H3. The van der Waals surface area contributed by atoms with Crippen LogP contribution in [-0.4, -0.2) is 43.1 Å². The minimum absolute atomic E-state index is 0.0794. The van der Waals surface area contributed by atoms with Crippen molar-refractivity contribution in [3.05, 3.63) is 0 Å². The summed E-state index contributed by atoms with van der Waals surface area (Å²) in [4.78, 5) is 0. The Hall–Kier alpha value is -0.170. The average molecular weight is 276 g/mol. The number of aliphatic hydroxyl groups is 1. The van der Waals surface area contributed by atoms with Crippen LogP contribution in [0.15, 0.2) is 0 Å². The summed E-state index contributed by atoms with van der Waals surface area (Å²) in [6.07, 6.45) is 5.81. The van der Waals surface area contributed by atoms with E-state index in [1.165, 1.54) is 4.31 Å². The van der Waals surface area contributed by atoms with Gasteiger partial charge in [-0.2, -0.15) is 17.4 Å². The molecule has 5 nitrogen and oxygen atoms in total. The van der Waals surface area contributed by atoms with Crippen LogP contribution >= 0.6 is 0 Å². The van der Waals surface area contributed by atoms with Crippen LogP contribution in [0.2, 0.25) is 0 Å². The van der Waals surface area contributed by atoms with Gasteiger partial charge >= 0.3 is 0 Å². The maximum Gasteiger partial charge on any atom is 0.280 e. The molecule has 3 atom stereocenters. The zero-order chi connectivity index (χ0) is 13.2. The molecular weight excluding hydrogens is 252 g/mol. The van der Waals surface area contributed by atoms with Crippen molar-refractivity contribution in [3.63, 3.8) is 0 Å². The van der Waals surface area contributed by atoms with Gasteiger partial charge in [-0.15, -0.1) is 0 Å². The summed E-state index contributed by atoms with van der Waals surface area (Å²) in [5.74, 6) is 0.516. The van der Waals surface area contributed by atoms with E-state index in [4.69, 9.17) is 0 Å². The topological polar surface area (TPSA) is 69.6 Å². The first-order valence-corrected chi connectivity index (χ1v) is 8.42. The highest BCUT2D eigenvalue weighted by atomic mass is 32.2. The Labute approximate surface area is 110 Å². The van der Waals surface area contributed by atoms with Gasteiger partial charge in [-0.25, -0.2) is 0 Å². The van der Waals surface area contributed by atoms with Gasteiger partial charge in [-0.3, -0.25) is 0 Å². The lowest BCUT2D eigenvalue weighted by molar-refractivity contribution is 0.154. The lowest BCUT2D eigenvalue weighted by atomic mass is 10.1. The molecule has 0 aromatic heterocycles. The van der Waals surface area contributed by atoms with E-state index in [9.17, 15) is 13.5 Å². The molecule has 0 aromatic rings. The van der Waals surface area contributed by atoms with Crippen molar-refractivity contribution in [3.8, 4) is 0 Å². The van der Waals surface area contributed by atoms with Crippen LogP contribution < -0.4 is 4.72 Å². The predicted octanol–water partition coefficient (Wildman–Crippen LogP) is 0.856. The van der Waals surface area contributed by atoms with E-state index in [1.807, 2.05) is 0 Å². The van der Waals surface area contributed by atoms with Crippen LogP contribution in [0.4, 0.5) is 0 Å². The molecule has 0 bridgehead atoms. The molecule has 0 spiro atoms. The second kappa shape index (κ2) is 5.86. The summed E-state index contributed by atoms with van der Waals surface area (Å²) in [6.45, 7) is 2.58. The molecule has 0 amide bonds. The highest BCUT2D eigenvalue weighted by molar-refractivity contribution is 7.87. The monoisotopic (exact) mass is 276 g/mol. The van der Waals surface area contributed by atoms with E-state index in [1.54, 1.807) is 0 Å². The van der Waals surface area contributed by atoms with E-state index in [0.29, 0.717) is 12.5 Å². The van der Waals surface area contributed by atoms with Crippen LogP contribution in [0, 0.1) is 5.92 Å². The van der Waals surface area contributed by atoms with Crippen molar-refractivity contribution >= 4 is 10.2 Å². The Balaban J connectivity index is 1.93. The number of hydrogen-bond donors (Lipinski definition) is 2. The van der Waals surface area contributed by atoms with Gasteiger partial charge in [-0.05, 0) is 31.6 Å². The smallest absolute Gasteiger partial charge is 0.280 e. The van der Waals surface area contributed by atoms with Gasteiger partial charge in [0.05, 0.1) is 6.61 Å². The van der Waals surface area contributed by atoms with E-state index in [-0.39, 0.29) is 18.7 Å². The van der Waals surface area contributed by atoms with Crippen molar-refractivity contribution in [1.29, 1.82) is 0 Å². The Morgan fingerprint density at radius 3 is 2.83 bits per heavy atom. The molecule has 2 rings (SSSR count). The van der Waals surface area contributed by atoms with Crippen LogP contribution in [-0.2, 0) is 10.2 Å². The fourth-order valence-electron chi connectivity index (χ4n) is 2.81. The van der Waals surface area contributed by atoms with Gasteiger partial charge in [0.15, 0.2) is 0 Å². The van der Waals surface area contributed by atoms with Crippen molar-refractivity contribution in [1.82, 2.24) is 9.03 Å². The predicted molar refractivity (Wildman–Crippen MR) is 70.3 cm³/mol. The molecule has 2 N–H and O–H groups in total. The summed E-state index contributed by atoms with van der Waals surface area (Å²) in [6, 6.07) is -0.115. The van der Waals surface area contributed by atoms with Gasteiger partial charge in [0, 0.05) is 18.6 Å². The Morgan fingerprint density at radius 1 is 1.39 bits per heavy atom. The van der Waals surface area contributed by atoms with Crippen molar-refractivity contribution in [2.75, 3.05) is 13.2 Å². The Morgan fingerprint density at radius 2 is 2.17 bits per heavy atom. The summed E-state index contributed by atoms with van der Waals surface area (Å²) in [7, 11) is -3.41. The second-order valence-electron chi connectivity index (χ2n) is 5.46. The number of nitrogens with one attached hydrogen (secondary N) is 1. The first-order valence-electron chi connectivity index (χ1n) is 6.98. The maximum absolute atomic E-state index is 12.3. The minimum atomic E-state index is -3.41. The second-order valence-corrected chi connectivity index (χ2v) is 7.11. The molecule has 2 aliphatic rings. The fraction of sp³-hybridized carbons (Fsp3) is 1.00. The van der Waals surface area contributed by atoms with Gasteiger partial charge in [-0.1, -0.05) is 19.8 Å². The number of piperidine rings is 1. The first kappa shape index (κ1) is 14.2. The highest BCUT2D eigenvalue weighted by Crippen LogP contribution is 2.35. The molecule has 1 saturated heterocycles. The maximum atomic E-state index is 12.3. The van der Waals surface area contributed by atoms with Gasteiger partial charge < -0.3 is 5.11 Å². The Bertz CT molecular complexity index is 372. The molecule has 1 aliphatic heterocycles. The third-order valence-corrected chi connectivity index (χ3v) is 5.67. The van der Waals surface area contributed by atoms with E-state index >= 15 is 0 Å². The molecule has 1 heterocycles. The molecule has 18 heavy (non-hydrogen) atoms. The zero-order valence-corrected chi connectivity index (χ0v) is 11.8. The molecule has 0 radical (unpaired) electrons. The molecule has 106 valence electrons. The normalized spacial score (nSPS) is 33.6.